The highest BCUT2D eigenvalue weighted by Crippen LogP contribution is 2.31. The Morgan fingerprint density at radius 1 is 1.21 bits per heavy atom. The maximum absolute atomic E-state index is 13.0. The number of thiocarbonyl (C=S) groups is 1. The number of likely N-dealkylation sites (tertiary alicyclic amines) is 1. The molecule has 2 heterocycles. The van der Waals surface area contributed by atoms with Gasteiger partial charge >= 0.3 is 0 Å². The number of anilines is 1. The van der Waals surface area contributed by atoms with Crippen LogP contribution in [0.15, 0.2) is 41.8 Å². The maximum atomic E-state index is 13.0. The maximum Gasteiger partial charge on any atom is 0.171 e. The van der Waals surface area contributed by atoms with Gasteiger partial charge in [0.05, 0.1) is 6.04 Å². The van der Waals surface area contributed by atoms with E-state index in [9.17, 15) is 4.39 Å². The van der Waals surface area contributed by atoms with Crippen molar-refractivity contribution in [3.63, 3.8) is 0 Å². The van der Waals surface area contributed by atoms with Crippen LogP contribution in [0.3, 0.4) is 0 Å². The predicted molar refractivity (Wildman–Crippen MR) is 103 cm³/mol. The molecule has 1 aliphatic heterocycles. The van der Waals surface area contributed by atoms with Gasteiger partial charge in [-0.15, -0.1) is 11.3 Å². The Labute approximate surface area is 151 Å². The van der Waals surface area contributed by atoms with Gasteiger partial charge in [-0.05, 0) is 80.8 Å². The van der Waals surface area contributed by atoms with Crippen LogP contribution in [-0.4, -0.2) is 29.1 Å². The summed E-state index contributed by atoms with van der Waals surface area (Å²) in [5.74, 6) is -0.250. The summed E-state index contributed by atoms with van der Waals surface area (Å²) in [6.45, 7) is 4.43. The van der Waals surface area contributed by atoms with Crippen molar-refractivity contribution in [2.75, 3.05) is 18.4 Å². The molecule has 1 fully saturated rings. The molecule has 1 aromatic heterocycles. The Kier molecular flexibility index (Phi) is 5.81. The van der Waals surface area contributed by atoms with E-state index in [0.29, 0.717) is 11.2 Å². The van der Waals surface area contributed by atoms with Crippen LogP contribution in [-0.2, 0) is 0 Å². The molecule has 24 heavy (non-hydrogen) atoms. The summed E-state index contributed by atoms with van der Waals surface area (Å²) in [6, 6.07) is 11.0. The molecule has 0 spiro atoms. The van der Waals surface area contributed by atoms with E-state index < -0.39 is 0 Å². The number of nitrogens with one attached hydrogen (secondary N) is 2. The van der Waals surface area contributed by atoms with Crippen molar-refractivity contribution in [3.8, 4) is 0 Å². The lowest BCUT2D eigenvalue weighted by Crippen LogP contribution is -2.45. The molecule has 3 nitrogen and oxygen atoms in total. The van der Waals surface area contributed by atoms with Gasteiger partial charge in [0, 0.05) is 16.6 Å². The first-order valence-corrected chi connectivity index (χ1v) is 9.53. The zero-order valence-electron chi connectivity index (χ0n) is 13.7. The summed E-state index contributed by atoms with van der Waals surface area (Å²) < 4.78 is 13.0. The van der Waals surface area contributed by atoms with Crippen LogP contribution in [0.1, 0.15) is 30.7 Å². The molecule has 0 unspecified atom stereocenters. The topological polar surface area (TPSA) is 27.3 Å². The van der Waals surface area contributed by atoms with E-state index >= 15 is 0 Å². The van der Waals surface area contributed by atoms with Gasteiger partial charge in [0.15, 0.2) is 5.11 Å². The largest absolute Gasteiger partial charge is 0.358 e. The molecule has 0 saturated carbocycles. The molecule has 1 aliphatic rings. The van der Waals surface area contributed by atoms with Crippen LogP contribution < -0.4 is 10.6 Å². The van der Waals surface area contributed by atoms with Crippen LogP contribution in [0.5, 0.6) is 0 Å². The Hall–Kier alpha value is -1.50. The molecule has 0 aliphatic carbocycles. The zero-order valence-corrected chi connectivity index (χ0v) is 15.3. The number of hydrogen-bond acceptors (Lipinski definition) is 3. The van der Waals surface area contributed by atoms with E-state index in [2.05, 4.69) is 40.0 Å². The second-order valence-electron chi connectivity index (χ2n) is 6.10. The second kappa shape index (κ2) is 8.05. The van der Waals surface area contributed by atoms with Crippen LogP contribution in [0.4, 0.5) is 10.1 Å². The third-order valence-electron chi connectivity index (χ3n) is 4.30. The minimum Gasteiger partial charge on any atom is -0.358 e. The molecule has 2 atom stereocenters. The summed E-state index contributed by atoms with van der Waals surface area (Å²) in [4.78, 5) is 3.89. The summed E-state index contributed by atoms with van der Waals surface area (Å²) >= 11 is 7.23. The highest BCUT2D eigenvalue weighted by atomic mass is 32.1. The third-order valence-corrected chi connectivity index (χ3v) is 5.47. The van der Waals surface area contributed by atoms with E-state index in [-0.39, 0.29) is 11.9 Å². The van der Waals surface area contributed by atoms with Crippen LogP contribution >= 0.6 is 23.6 Å². The molecule has 128 valence electrons. The van der Waals surface area contributed by atoms with Gasteiger partial charge in [-0.2, -0.15) is 0 Å². The van der Waals surface area contributed by atoms with Crippen molar-refractivity contribution in [1.82, 2.24) is 10.2 Å². The van der Waals surface area contributed by atoms with Crippen LogP contribution in [0.25, 0.3) is 0 Å². The highest BCUT2D eigenvalue weighted by molar-refractivity contribution is 7.80. The lowest BCUT2D eigenvalue weighted by atomic mass is 10.1. The van der Waals surface area contributed by atoms with E-state index in [1.54, 1.807) is 23.5 Å². The molecule has 0 bridgehead atoms. The Balaban J connectivity index is 1.65. The number of benzene rings is 1. The molecule has 2 aromatic rings. The molecule has 6 heteroatoms. The van der Waals surface area contributed by atoms with E-state index in [0.717, 1.165) is 18.8 Å². The summed E-state index contributed by atoms with van der Waals surface area (Å²) in [5, 5.41) is 9.22. The number of hydrogen-bond donors (Lipinski definition) is 2. The van der Waals surface area contributed by atoms with Gasteiger partial charge < -0.3 is 10.6 Å². The molecule has 1 saturated heterocycles. The van der Waals surface area contributed by atoms with Gasteiger partial charge in [-0.3, -0.25) is 4.90 Å². The van der Waals surface area contributed by atoms with E-state index in [1.165, 1.54) is 29.9 Å². The van der Waals surface area contributed by atoms with Crippen molar-refractivity contribution in [1.29, 1.82) is 0 Å². The minimum atomic E-state index is -0.250. The Morgan fingerprint density at radius 3 is 2.54 bits per heavy atom. The van der Waals surface area contributed by atoms with Crippen molar-refractivity contribution in [2.24, 2.45) is 0 Å². The number of rotatable bonds is 5. The molecular formula is C18H22FN3S2. The molecule has 2 N–H and O–H groups in total. The SMILES string of the molecule is C[C@@H](NC(=S)Nc1ccc(F)cc1)[C@H](c1cccs1)N1CCCC1. The summed E-state index contributed by atoms with van der Waals surface area (Å²) in [7, 11) is 0. The normalized spacial score (nSPS) is 17.4. The van der Waals surface area contributed by atoms with Crippen molar-refractivity contribution < 1.29 is 4.39 Å². The number of nitrogens with zero attached hydrogens (tertiary/aromatic N) is 1. The molecule has 0 amide bonds. The minimum absolute atomic E-state index is 0.183. The zero-order chi connectivity index (χ0) is 16.9. The first kappa shape index (κ1) is 17.3. The number of thiophene rings is 1. The fourth-order valence-corrected chi connectivity index (χ4v) is 4.48. The summed E-state index contributed by atoms with van der Waals surface area (Å²) in [5.41, 5.74) is 0.787. The monoisotopic (exact) mass is 363 g/mol. The predicted octanol–water partition coefficient (Wildman–Crippen LogP) is 4.40. The average molecular weight is 364 g/mol. The molecular weight excluding hydrogens is 341 g/mol. The van der Waals surface area contributed by atoms with Gasteiger partial charge in [-0.1, -0.05) is 6.07 Å². The van der Waals surface area contributed by atoms with E-state index in [4.69, 9.17) is 12.2 Å². The fourth-order valence-electron chi connectivity index (χ4n) is 3.21. The Morgan fingerprint density at radius 2 is 1.92 bits per heavy atom. The van der Waals surface area contributed by atoms with Crippen LogP contribution in [0, 0.1) is 5.82 Å². The fraction of sp³-hybridized carbons (Fsp3) is 0.389. The quantitative estimate of drug-likeness (QED) is 0.770. The van der Waals surface area contributed by atoms with Gasteiger partial charge in [0.2, 0.25) is 0 Å². The first-order chi connectivity index (χ1) is 11.6. The number of halogens is 1. The first-order valence-electron chi connectivity index (χ1n) is 8.24. The van der Waals surface area contributed by atoms with Gasteiger partial charge in [-0.25, -0.2) is 4.39 Å². The smallest absolute Gasteiger partial charge is 0.171 e. The van der Waals surface area contributed by atoms with Crippen molar-refractivity contribution in [2.45, 2.75) is 31.8 Å². The summed E-state index contributed by atoms with van der Waals surface area (Å²) in [6.07, 6.45) is 2.51. The molecule has 1 aromatic carbocycles. The standard InChI is InChI=1S/C18H22FN3S2/c1-13(20-18(23)21-15-8-6-14(19)7-9-15)17(16-5-4-12-24-16)22-10-2-3-11-22/h4-9,12-13,17H,2-3,10-11H2,1H3,(H2,20,21,23)/t13-,17-/m1/s1. The average Bonchev–Trinajstić information content (AvgIpc) is 3.24. The lowest BCUT2D eigenvalue weighted by molar-refractivity contribution is 0.214. The molecule has 3 rings (SSSR count). The Bertz CT molecular complexity index is 651. The van der Waals surface area contributed by atoms with Crippen molar-refractivity contribution >= 4 is 34.4 Å². The highest BCUT2D eigenvalue weighted by Gasteiger charge is 2.29. The van der Waals surface area contributed by atoms with Gasteiger partial charge in [0.25, 0.3) is 0 Å². The van der Waals surface area contributed by atoms with Crippen molar-refractivity contribution in [3.05, 3.63) is 52.5 Å². The third kappa shape index (κ3) is 4.32. The lowest BCUT2D eigenvalue weighted by Gasteiger charge is -2.33. The van der Waals surface area contributed by atoms with E-state index in [1.807, 2.05) is 0 Å². The molecule has 0 radical (unpaired) electrons. The van der Waals surface area contributed by atoms with Crippen LogP contribution in [0.2, 0.25) is 0 Å². The van der Waals surface area contributed by atoms with Gasteiger partial charge in [0.1, 0.15) is 5.82 Å². The second-order valence-corrected chi connectivity index (χ2v) is 7.48.